The molecule has 0 amide bonds. The second-order valence-electron chi connectivity index (χ2n) is 5.14. The van der Waals surface area contributed by atoms with Crippen molar-refractivity contribution in [3.63, 3.8) is 0 Å². The first kappa shape index (κ1) is 13.9. The molecule has 0 heterocycles. The van der Waals surface area contributed by atoms with Crippen LogP contribution < -0.4 is 5.73 Å². The van der Waals surface area contributed by atoms with Crippen molar-refractivity contribution in [1.29, 1.82) is 0 Å². The largest absolute Gasteiger partial charge is 0.374 e. The molecule has 0 spiro atoms. The molecule has 2 N–H and O–H groups in total. The topological polar surface area (TPSA) is 35.2 Å². The highest BCUT2D eigenvalue weighted by Gasteiger charge is 2.40. The van der Waals surface area contributed by atoms with Gasteiger partial charge in [0.15, 0.2) is 0 Å². The summed E-state index contributed by atoms with van der Waals surface area (Å²) in [5, 5.41) is 0.771. The summed E-state index contributed by atoms with van der Waals surface area (Å²) >= 11 is 5.90. The fourth-order valence-electron chi connectivity index (χ4n) is 2.94. The van der Waals surface area contributed by atoms with E-state index >= 15 is 0 Å². The Morgan fingerprint density at radius 1 is 1.28 bits per heavy atom. The van der Waals surface area contributed by atoms with Crippen molar-refractivity contribution in [1.82, 2.24) is 0 Å². The van der Waals surface area contributed by atoms with Crippen LogP contribution in [0, 0.1) is 0 Å². The Kier molecular flexibility index (Phi) is 4.66. The van der Waals surface area contributed by atoms with Gasteiger partial charge in [-0.2, -0.15) is 0 Å². The van der Waals surface area contributed by atoms with Gasteiger partial charge in [-0.15, -0.1) is 0 Å². The minimum atomic E-state index is -0.103. The van der Waals surface area contributed by atoms with Gasteiger partial charge in [0, 0.05) is 17.7 Å². The van der Waals surface area contributed by atoms with Crippen LogP contribution in [0.15, 0.2) is 24.3 Å². The van der Waals surface area contributed by atoms with E-state index in [1.54, 1.807) is 0 Å². The lowest BCUT2D eigenvalue weighted by atomic mass is 9.88. The van der Waals surface area contributed by atoms with E-state index in [9.17, 15) is 0 Å². The van der Waals surface area contributed by atoms with Gasteiger partial charge in [0.2, 0.25) is 0 Å². The Hall–Kier alpha value is -0.570. The van der Waals surface area contributed by atoms with E-state index in [4.69, 9.17) is 22.1 Å². The lowest BCUT2D eigenvalue weighted by molar-refractivity contribution is -0.0524. The molecule has 1 aliphatic rings. The highest BCUT2D eigenvalue weighted by Crippen LogP contribution is 2.36. The monoisotopic (exact) mass is 267 g/mol. The number of nitrogens with two attached hydrogens (primary N) is 1. The molecule has 1 aromatic rings. The standard InChI is InChI=1S/C15H22ClNO/c1-2-18-15(9-3-4-10-15)14(17)11-12-5-7-13(16)8-6-12/h5-8,14H,2-4,9-11,17H2,1H3. The summed E-state index contributed by atoms with van der Waals surface area (Å²) in [5.41, 5.74) is 7.54. The van der Waals surface area contributed by atoms with E-state index in [1.807, 2.05) is 12.1 Å². The number of ether oxygens (including phenoxy) is 1. The summed E-state index contributed by atoms with van der Waals surface area (Å²) in [6.45, 7) is 2.80. The molecular formula is C15H22ClNO. The van der Waals surface area contributed by atoms with E-state index in [1.165, 1.54) is 18.4 Å². The van der Waals surface area contributed by atoms with E-state index in [0.29, 0.717) is 0 Å². The van der Waals surface area contributed by atoms with E-state index in [0.717, 1.165) is 30.9 Å². The third-order valence-corrected chi connectivity index (χ3v) is 4.18. The number of halogens is 1. The van der Waals surface area contributed by atoms with Gasteiger partial charge in [-0.25, -0.2) is 0 Å². The van der Waals surface area contributed by atoms with Crippen LogP contribution in [0.4, 0.5) is 0 Å². The van der Waals surface area contributed by atoms with E-state index < -0.39 is 0 Å². The third-order valence-electron chi connectivity index (χ3n) is 3.93. The molecule has 18 heavy (non-hydrogen) atoms. The first-order valence-corrected chi connectivity index (χ1v) is 7.18. The van der Waals surface area contributed by atoms with Gasteiger partial charge in [-0.1, -0.05) is 36.6 Å². The van der Waals surface area contributed by atoms with Crippen molar-refractivity contribution in [3.8, 4) is 0 Å². The molecule has 1 atom stereocenters. The van der Waals surface area contributed by atoms with Crippen molar-refractivity contribution >= 4 is 11.6 Å². The zero-order valence-electron chi connectivity index (χ0n) is 11.0. The van der Waals surface area contributed by atoms with Crippen LogP contribution in [-0.4, -0.2) is 18.2 Å². The maximum atomic E-state index is 6.41. The van der Waals surface area contributed by atoms with Gasteiger partial charge in [0.25, 0.3) is 0 Å². The molecule has 1 fully saturated rings. The number of benzene rings is 1. The maximum absolute atomic E-state index is 6.41. The van der Waals surface area contributed by atoms with Crippen LogP contribution in [0.1, 0.15) is 38.2 Å². The van der Waals surface area contributed by atoms with Crippen LogP contribution in [0.5, 0.6) is 0 Å². The molecule has 1 aromatic carbocycles. The molecule has 1 aliphatic carbocycles. The molecule has 0 radical (unpaired) electrons. The highest BCUT2D eigenvalue weighted by molar-refractivity contribution is 6.30. The van der Waals surface area contributed by atoms with Crippen molar-refractivity contribution in [2.45, 2.75) is 50.7 Å². The van der Waals surface area contributed by atoms with Gasteiger partial charge in [-0.05, 0) is 43.9 Å². The fraction of sp³-hybridized carbons (Fsp3) is 0.600. The minimum Gasteiger partial charge on any atom is -0.374 e. The molecular weight excluding hydrogens is 246 g/mol. The van der Waals surface area contributed by atoms with Gasteiger partial charge in [-0.3, -0.25) is 0 Å². The number of hydrogen-bond donors (Lipinski definition) is 1. The molecule has 3 heteroatoms. The normalized spacial score (nSPS) is 19.9. The zero-order chi connectivity index (χ0) is 13.0. The summed E-state index contributed by atoms with van der Waals surface area (Å²) in [7, 11) is 0. The lowest BCUT2D eigenvalue weighted by Gasteiger charge is -2.35. The van der Waals surface area contributed by atoms with Gasteiger partial charge >= 0.3 is 0 Å². The molecule has 2 nitrogen and oxygen atoms in total. The molecule has 100 valence electrons. The van der Waals surface area contributed by atoms with Crippen LogP contribution in [0.2, 0.25) is 5.02 Å². The average Bonchev–Trinajstić information content (AvgIpc) is 2.82. The van der Waals surface area contributed by atoms with Crippen molar-refractivity contribution in [3.05, 3.63) is 34.9 Å². The smallest absolute Gasteiger partial charge is 0.0835 e. The van der Waals surface area contributed by atoms with Gasteiger partial charge < -0.3 is 10.5 Å². The fourth-order valence-corrected chi connectivity index (χ4v) is 3.07. The number of hydrogen-bond acceptors (Lipinski definition) is 2. The molecule has 1 unspecified atom stereocenters. The molecule has 0 saturated heterocycles. The Morgan fingerprint density at radius 2 is 1.89 bits per heavy atom. The van der Waals surface area contributed by atoms with Crippen molar-refractivity contribution in [2.75, 3.05) is 6.61 Å². The summed E-state index contributed by atoms with van der Waals surface area (Å²) in [6.07, 6.45) is 5.50. The summed E-state index contributed by atoms with van der Waals surface area (Å²) in [4.78, 5) is 0. The molecule has 1 saturated carbocycles. The van der Waals surface area contributed by atoms with Crippen molar-refractivity contribution in [2.24, 2.45) is 5.73 Å². The van der Waals surface area contributed by atoms with Crippen LogP contribution in [0.25, 0.3) is 0 Å². The molecule has 0 bridgehead atoms. The van der Waals surface area contributed by atoms with Gasteiger partial charge in [0.05, 0.1) is 5.60 Å². The second kappa shape index (κ2) is 6.05. The number of rotatable bonds is 5. The second-order valence-corrected chi connectivity index (χ2v) is 5.58. The SMILES string of the molecule is CCOC1(C(N)Cc2ccc(Cl)cc2)CCCC1. The summed E-state index contributed by atoms with van der Waals surface area (Å²) in [6, 6.07) is 8.02. The zero-order valence-corrected chi connectivity index (χ0v) is 11.7. The summed E-state index contributed by atoms with van der Waals surface area (Å²) < 4.78 is 6.00. The Bertz CT molecular complexity index is 371. The lowest BCUT2D eigenvalue weighted by Crippen LogP contribution is -2.49. The average molecular weight is 268 g/mol. The quantitative estimate of drug-likeness (QED) is 0.885. The van der Waals surface area contributed by atoms with Crippen LogP contribution >= 0.6 is 11.6 Å². The Balaban J connectivity index is 2.05. The van der Waals surface area contributed by atoms with Crippen LogP contribution in [-0.2, 0) is 11.2 Å². The summed E-state index contributed by atoms with van der Waals surface area (Å²) in [5.74, 6) is 0. The maximum Gasteiger partial charge on any atom is 0.0835 e. The Labute approximate surface area is 114 Å². The molecule has 2 rings (SSSR count). The Morgan fingerprint density at radius 3 is 2.44 bits per heavy atom. The van der Waals surface area contributed by atoms with E-state index in [-0.39, 0.29) is 11.6 Å². The predicted octanol–water partition coefficient (Wildman–Crippen LogP) is 3.56. The molecule has 0 aromatic heterocycles. The first-order valence-electron chi connectivity index (χ1n) is 6.80. The minimum absolute atomic E-state index is 0.0705. The molecule has 0 aliphatic heterocycles. The van der Waals surface area contributed by atoms with Crippen LogP contribution in [0.3, 0.4) is 0 Å². The van der Waals surface area contributed by atoms with E-state index in [2.05, 4.69) is 19.1 Å². The van der Waals surface area contributed by atoms with Crippen molar-refractivity contribution < 1.29 is 4.74 Å². The first-order chi connectivity index (χ1) is 8.66. The van der Waals surface area contributed by atoms with Gasteiger partial charge in [0.1, 0.15) is 0 Å². The highest BCUT2D eigenvalue weighted by atomic mass is 35.5. The predicted molar refractivity (Wildman–Crippen MR) is 76.0 cm³/mol. The third kappa shape index (κ3) is 3.05.